The van der Waals surface area contributed by atoms with Crippen molar-refractivity contribution in [3.63, 3.8) is 0 Å². The quantitative estimate of drug-likeness (QED) is 0.0146. The van der Waals surface area contributed by atoms with Crippen LogP contribution in [-0.2, 0) is 53.0 Å². The van der Waals surface area contributed by atoms with Crippen LogP contribution in [0.25, 0.3) is 67.2 Å². The summed E-state index contributed by atoms with van der Waals surface area (Å²) < 4.78 is 70.4. The van der Waals surface area contributed by atoms with E-state index in [1.165, 1.54) is 57.5 Å². The van der Waals surface area contributed by atoms with Gasteiger partial charge in [0.15, 0.2) is 5.79 Å². The molecule has 1 fully saturated rings. The van der Waals surface area contributed by atoms with Gasteiger partial charge < -0.3 is 80.0 Å². The molecular formula is C105H118CaClF3N6O16. The number of aliphatic hydroxyl groups is 4. The van der Waals surface area contributed by atoms with Crippen LogP contribution < -0.4 is 16.0 Å². The molecule has 694 valence electrons. The van der Waals surface area contributed by atoms with Gasteiger partial charge in [0.2, 0.25) is 0 Å². The number of anilines is 3. The monoisotopic (exact) mass is 1850 g/mol. The van der Waals surface area contributed by atoms with Gasteiger partial charge in [0.25, 0.3) is 17.7 Å². The number of hydrogen-bond acceptors (Lipinski definition) is 16. The Kier molecular flexibility index (Phi) is 41.8. The number of aliphatic hydroxyl groups excluding tert-OH is 4. The number of benzene rings is 9. The average Bonchev–Trinajstić information content (AvgIpc) is 1.60. The van der Waals surface area contributed by atoms with E-state index in [4.69, 9.17) is 14.2 Å². The molecule has 0 spiro atoms. The zero-order valence-corrected chi connectivity index (χ0v) is 79.3. The van der Waals surface area contributed by atoms with Crippen molar-refractivity contribution >= 4 is 103 Å². The summed E-state index contributed by atoms with van der Waals surface area (Å²) in [5, 5.41) is 51.3. The largest absolute Gasteiger partial charge is 2.00 e. The predicted octanol–water partition coefficient (Wildman–Crippen LogP) is 21.1. The number of carbonyl (C=O) groups excluding carboxylic acids is 6. The molecule has 22 nitrogen and oxygen atoms in total. The zero-order chi connectivity index (χ0) is 91.9. The molecule has 27 heteroatoms. The molecule has 0 aliphatic carbocycles. The first-order valence-corrected chi connectivity index (χ1v) is 43.4. The van der Waals surface area contributed by atoms with Gasteiger partial charge >= 0.3 is 49.7 Å². The summed E-state index contributed by atoms with van der Waals surface area (Å²) in [6, 6.07) is 75.7. The maximum atomic E-state index is 14.3. The van der Waals surface area contributed by atoms with Crippen molar-refractivity contribution < 1.29 is 92.3 Å². The number of aromatic nitrogens is 3. The number of carbonyl (C=O) groups is 6. The fraction of sp³-hybridized carbons (Fsp3) is 0.314. The second-order valence-electron chi connectivity index (χ2n) is 33.5. The van der Waals surface area contributed by atoms with Gasteiger partial charge in [-0.2, -0.15) is 0 Å². The molecule has 0 unspecified atom stereocenters. The number of amides is 3. The first-order chi connectivity index (χ1) is 61.4. The van der Waals surface area contributed by atoms with Crippen molar-refractivity contribution in [2.45, 2.75) is 200 Å². The molecule has 6 atom stereocenters. The van der Waals surface area contributed by atoms with E-state index in [0.717, 1.165) is 78.7 Å². The Morgan fingerprint density at radius 2 is 0.682 bits per heavy atom. The Hall–Kier alpha value is -11.1. The van der Waals surface area contributed by atoms with Gasteiger partial charge in [-0.1, -0.05) is 187 Å². The standard InChI is InChI=1S/C37H41FN2O5.C34H37FN2O5.C34H37FN2O4.Ca.ClH.2H2O/c1-24(2)34-33(36(42)39-28-14-10-7-11-15-28)32(25-12-8-6-9-13-25)35(26-16-18-27(38)19-17-26)40(34)21-20-29-22-30(23-31(41)43-5)45-37(3,4)44-29;1-22(2)32-31(34(41)36-26-12-8-5-9-13-26)30(23-10-6-4-7-11-23)33(24-14-16-25(35)17-15-24)37(32)19-18-27(38)20-28(39)21-29(40)42-3;1-22(2)32-31(34(41)36-27-12-8-5-9-13-27)30(24-10-6-4-7-11-24)33(25-14-16-26(35)17-15-25)37(32)19-18-28(39)21-29(40)20-23(3)38;;;;/h6-19,24,29-30H,20-23H2,1-5H3,(H,39,42);4-17,22,27-28,38-39H,18-21H2,1-3H3,(H,36,41);4-17,22,28-29,39-40H,18-21H2,1-3H3,(H,36,41);;1H;2*1H2/q;;;+2;;;/p-2/t29-,30-;27-,28-;28-,29+;;;;/m111..../s1. The van der Waals surface area contributed by atoms with Gasteiger partial charge in [0.1, 0.15) is 23.2 Å². The van der Waals surface area contributed by atoms with Crippen molar-refractivity contribution in [1.29, 1.82) is 0 Å². The SMILES string of the molecule is CC(=O)C[C@H](O)C[C@H](O)CCn1c(-c2ccc(F)cc2)c(-c2ccccc2)c(C(=O)Nc2ccccc2)c1C(C)C.COC(=O)C[C@H](O)C[C@H](O)CCn1c(-c2ccc(F)cc2)c(-c2ccccc2)c(C(=O)Nc2ccccc2)c1C(C)C.COC(=O)C[C@H]1C[C@@H](CCn2c(-c3ccc(F)cc3)c(-c3ccccc3)c(C(=O)Nc3ccccc3)c2C(C)C)OC(C)(C)O1.Cl.[Ca+2].[OH-].[OH-]. The number of methoxy groups -OCH3 is 2. The molecular weight excluding hydrogens is 1730 g/mol. The van der Waals surface area contributed by atoms with Crippen LogP contribution in [0.3, 0.4) is 0 Å². The topological polar surface area (TPSA) is 331 Å². The smallest absolute Gasteiger partial charge is 0.870 e. The number of Topliss-reactive ketones (excluding diaryl/α,β-unsaturated/α-hetero) is 1. The van der Waals surface area contributed by atoms with E-state index in [1.54, 1.807) is 36.4 Å². The van der Waals surface area contributed by atoms with E-state index in [0.29, 0.717) is 71.8 Å². The first kappa shape index (κ1) is 108. The van der Waals surface area contributed by atoms with Gasteiger partial charge in [-0.15, -0.1) is 12.4 Å². The van der Waals surface area contributed by atoms with Crippen LogP contribution >= 0.6 is 12.4 Å². The van der Waals surface area contributed by atoms with E-state index >= 15 is 0 Å². The molecule has 1 aliphatic rings. The van der Waals surface area contributed by atoms with E-state index in [9.17, 15) is 62.4 Å². The van der Waals surface area contributed by atoms with Crippen LogP contribution in [-0.4, -0.2) is 175 Å². The molecule has 132 heavy (non-hydrogen) atoms. The van der Waals surface area contributed by atoms with Crippen LogP contribution in [0.1, 0.15) is 186 Å². The number of halogens is 4. The van der Waals surface area contributed by atoms with E-state index < -0.39 is 36.2 Å². The van der Waals surface area contributed by atoms with Crippen LogP contribution in [0.4, 0.5) is 30.2 Å². The van der Waals surface area contributed by atoms with Crippen molar-refractivity contribution in [3.05, 3.63) is 306 Å². The normalized spacial score (nSPS) is 14.0. The minimum atomic E-state index is -1.05. The molecule has 1 aliphatic heterocycles. The van der Waals surface area contributed by atoms with Gasteiger partial charge in [0.05, 0.1) is 97.5 Å². The summed E-state index contributed by atoms with van der Waals surface area (Å²) >= 11 is 0. The Labute approximate surface area is 806 Å². The average molecular weight is 1850 g/mol. The molecule has 1 saturated heterocycles. The molecule has 0 bridgehead atoms. The number of nitrogens with zero attached hydrogens (tertiary/aromatic N) is 3. The van der Waals surface area contributed by atoms with Crippen molar-refractivity contribution in [3.8, 4) is 67.2 Å². The van der Waals surface area contributed by atoms with Crippen molar-refractivity contribution in [1.82, 2.24) is 13.7 Å². The molecule has 0 radical (unpaired) electrons. The Morgan fingerprint density at radius 3 is 0.970 bits per heavy atom. The molecule has 0 saturated carbocycles. The minimum absolute atomic E-state index is 0. The maximum Gasteiger partial charge on any atom is 2.00 e. The Bertz CT molecular complexity index is 5700. The molecule has 3 aromatic heterocycles. The summed E-state index contributed by atoms with van der Waals surface area (Å²) in [5.74, 6) is -3.95. The number of rotatable bonds is 34. The van der Waals surface area contributed by atoms with E-state index in [-0.39, 0.29) is 183 Å². The van der Waals surface area contributed by atoms with Crippen molar-refractivity contribution in [2.75, 3.05) is 30.2 Å². The molecule has 9 N–H and O–H groups in total. The van der Waals surface area contributed by atoms with Gasteiger partial charge in [0, 0.05) is 83.3 Å². The van der Waals surface area contributed by atoms with Crippen LogP contribution in [0.2, 0.25) is 0 Å². The molecule has 4 heterocycles. The summed E-state index contributed by atoms with van der Waals surface area (Å²) in [7, 11) is 2.62. The number of ketones is 1. The van der Waals surface area contributed by atoms with Gasteiger partial charge in [-0.3, -0.25) is 28.8 Å². The molecule has 12 aromatic rings. The van der Waals surface area contributed by atoms with Crippen LogP contribution in [0.15, 0.2) is 255 Å². The third-order valence-electron chi connectivity index (χ3n) is 22.2. The van der Waals surface area contributed by atoms with Crippen molar-refractivity contribution in [2.24, 2.45) is 0 Å². The van der Waals surface area contributed by atoms with Crippen LogP contribution in [0, 0.1) is 17.5 Å². The van der Waals surface area contributed by atoms with E-state index in [1.807, 2.05) is 233 Å². The first-order valence-electron chi connectivity index (χ1n) is 43.4. The third kappa shape index (κ3) is 28.7. The molecule has 9 aromatic carbocycles. The number of ether oxygens (including phenoxy) is 4. The summed E-state index contributed by atoms with van der Waals surface area (Å²) in [6.07, 6.45) is -2.70. The molecule has 13 rings (SSSR count). The van der Waals surface area contributed by atoms with Gasteiger partial charge in [-0.05, 0) is 213 Å². The van der Waals surface area contributed by atoms with Crippen LogP contribution in [0.5, 0.6) is 0 Å². The second kappa shape index (κ2) is 51.2. The third-order valence-corrected chi connectivity index (χ3v) is 22.2. The molecule has 3 amide bonds. The summed E-state index contributed by atoms with van der Waals surface area (Å²) in [4.78, 5) is 77.5. The zero-order valence-electron chi connectivity index (χ0n) is 76.3. The fourth-order valence-corrected chi connectivity index (χ4v) is 16.9. The summed E-state index contributed by atoms with van der Waals surface area (Å²) in [6.45, 7) is 18.5. The van der Waals surface area contributed by atoms with Gasteiger partial charge in [-0.25, -0.2) is 13.2 Å². The fourth-order valence-electron chi connectivity index (χ4n) is 16.9. The second-order valence-corrected chi connectivity index (χ2v) is 33.5. The predicted molar refractivity (Wildman–Crippen MR) is 512 cm³/mol. The maximum absolute atomic E-state index is 14.3. The number of esters is 2. The number of hydrogen-bond donors (Lipinski definition) is 7. The van der Waals surface area contributed by atoms with E-state index in [2.05, 4.69) is 39.1 Å². The minimum Gasteiger partial charge on any atom is -0.870 e. The number of nitrogens with one attached hydrogen (secondary N) is 3. The number of para-hydroxylation sites is 3. The Balaban J connectivity index is 0.000000267. The Morgan fingerprint density at radius 1 is 0.402 bits per heavy atom. The summed E-state index contributed by atoms with van der Waals surface area (Å²) in [5.41, 5.74) is 15.4.